The van der Waals surface area contributed by atoms with Crippen molar-refractivity contribution >= 4 is 11.8 Å². The Morgan fingerprint density at radius 2 is 2.14 bits per heavy atom. The molecule has 1 unspecified atom stereocenters. The average molecular weight is 289 g/mol. The Kier molecular flexibility index (Phi) is 5.75. The van der Waals surface area contributed by atoms with Crippen LogP contribution in [0.4, 0.5) is 0 Å². The van der Waals surface area contributed by atoms with Crippen LogP contribution >= 0.6 is 0 Å². The normalized spacial score (nSPS) is 17.1. The van der Waals surface area contributed by atoms with Gasteiger partial charge in [-0.3, -0.25) is 14.5 Å². The standard InChI is InChI=1S/C16H23N3O2/c1-13(7-8-14-5-3-2-4-6-14)18-16(21)12-19-10-9-17-15(20)11-19/h2-6,13H,7-12H2,1H3,(H,17,20)(H,18,21). The number of carbonyl (C=O) groups is 2. The molecule has 1 aromatic carbocycles. The minimum atomic E-state index is -0.00902. The molecule has 1 fully saturated rings. The van der Waals surface area contributed by atoms with Gasteiger partial charge in [0.05, 0.1) is 13.1 Å². The van der Waals surface area contributed by atoms with E-state index in [-0.39, 0.29) is 17.9 Å². The van der Waals surface area contributed by atoms with E-state index in [1.165, 1.54) is 5.56 Å². The van der Waals surface area contributed by atoms with E-state index in [1.807, 2.05) is 30.0 Å². The first-order valence-corrected chi connectivity index (χ1v) is 7.46. The van der Waals surface area contributed by atoms with Gasteiger partial charge in [0.25, 0.3) is 0 Å². The summed E-state index contributed by atoms with van der Waals surface area (Å²) >= 11 is 0. The molecule has 0 aromatic heterocycles. The molecule has 0 aliphatic carbocycles. The van der Waals surface area contributed by atoms with Gasteiger partial charge in [0.2, 0.25) is 11.8 Å². The van der Waals surface area contributed by atoms with Gasteiger partial charge in [0.1, 0.15) is 0 Å². The van der Waals surface area contributed by atoms with Crippen LogP contribution in [0, 0.1) is 0 Å². The highest BCUT2D eigenvalue weighted by Gasteiger charge is 2.19. The maximum absolute atomic E-state index is 12.0. The van der Waals surface area contributed by atoms with E-state index in [1.54, 1.807) is 0 Å². The van der Waals surface area contributed by atoms with E-state index < -0.39 is 0 Å². The molecule has 0 saturated carbocycles. The van der Waals surface area contributed by atoms with Gasteiger partial charge in [-0.1, -0.05) is 30.3 Å². The van der Waals surface area contributed by atoms with E-state index in [0.29, 0.717) is 19.6 Å². The number of nitrogens with zero attached hydrogens (tertiary/aromatic N) is 1. The molecule has 1 heterocycles. The van der Waals surface area contributed by atoms with Crippen LogP contribution in [0.2, 0.25) is 0 Å². The largest absolute Gasteiger partial charge is 0.354 e. The molecule has 0 spiro atoms. The first-order chi connectivity index (χ1) is 10.1. The Bertz CT molecular complexity index is 476. The molecule has 0 bridgehead atoms. The highest BCUT2D eigenvalue weighted by molar-refractivity contribution is 5.81. The quantitative estimate of drug-likeness (QED) is 0.804. The minimum Gasteiger partial charge on any atom is -0.354 e. The maximum atomic E-state index is 12.0. The molecule has 0 radical (unpaired) electrons. The van der Waals surface area contributed by atoms with Gasteiger partial charge in [-0.05, 0) is 25.3 Å². The fourth-order valence-electron chi connectivity index (χ4n) is 2.45. The number of carbonyl (C=O) groups excluding carboxylic acids is 2. The van der Waals surface area contributed by atoms with Crippen LogP contribution in [0.1, 0.15) is 18.9 Å². The molecule has 1 saturated heterocycles. The van der Waals surface area contributed by atoms with E-state index in [4.69, 9.17) is 0 Å². The predicted octanol–water partition coefficient (Wildman–Crippen LogP) is 0.556. The van der Waals surface area contributed by atoms with Crippen molar-refractivity contribution in [2.45, 2.75) is 25.8 Å². The van der Waals surface area contributed by atoms with E-state index in [0.717, 1.165) is 19.4 Å². The zero-order valence-electron chi connectivity index (χ0n) is 12.5. The van der Waals surface area contributed by atoms with Crippen molar-refractivity contribution in [1.29, 1.82) is 0 Å². The Balaban J connectivity index is 1.68. The van der Waals surface area contributed by atoms with Crippen LogP contribution in [0.3, 0.4) is 0 Å². The van der Waals surface area contributed by atoms with Crippen molar-refractivity contribution in [2.75, 3.05) is 26.2 Å². The van der Waals surface area contributed by atoms with E-state index in [2.05, 4.69) is 22.8 Å². The second kappa shape index (κ2) is 7.78. The van der Waals surface area contributed by atoms with Crippen LogP contribution in [0.15, 0.2) is 30.3 Å². The third-order valence-electron chi connectivity index (χ3n) is 3.60. The van der Waals surface area contributed by atoms with Crippen LogP contribution in [-0.4, -0.2) is 48.9 Å². The van der Waals surface area contributed by atoms with Gasteiger partial charge in [-0.25, -0.2) is 0 Å². The number of aryl methyl sites for hydroxylation is 1. The zero-order valence-corrected chi connectivity index (χ0v) is 12.5. The SMILES string of the molecule is CC(CCc1ccccc1)NC(=O)CN1CCNC(=O)C1. The van der Waals surface area contributed by atoms with Crippen LogP contribution in [0.25, 0.3) is 0 Å². The van der Waals surface area contributed by atoms with E-state index >= 15 is 0 Å². The average Bonchev–Trinajstić information content (AvgIpc) is 2.46. The molecule has 1 aliphatic heterocycles. The fourth-order valence-corrected chi connectivity index (χ4v) is 2.45. The van der Waals surface area contributed by atoms with Crippen LogP contribution < -0.4 is 10.6 Å². The summed E-state index contributed by atoms with van der Waals surface area (Å²) in [5.41, 5.74) is 1.28. The second-order valence-electron chi connectivity index (χ2n) is 5.55. The van der Waals surface area contributed by atoms with E-state index in [9.17, 15) is 9.59 Å². The molecule has 2 amide bonds. The smallest absolute Gasteiger partial charge is 0.234 e. The third-order valence-corrected chi connectivity index (χ3v) is 3.60. The Hall–Kier alpha value is -1.88. The molecule has 114 valence electrons. The van der Waals surface area contributed by atoms with Crippen molar-refractivity contribution in [1.82, 2.24) is 15.5 Å². The predicted molar refractivity (Wildman–Crippen MR) is 81.8 cm³/mol. The first-order valence-electron chi connectivity index (χ1n) is 7.46. The number of piperazine rings is 1. The lowest BCUT2D eigenvalue weighted by Crippen LogP contribution is -2.51. The molecule has 1 atom stereocenters. The number of rotatable bonds is 6. The summed E-state index contributed by atoms with van der Waals surface area (Å²) in [5, 5.41) is 5.75. The van der Waals surface area contributed by atoms with Crippen molar-refractivity contribution in [3.63, 3.8) is 0 Å². The summed E-state index contributed by atoms with van der Waals surface area (Å²) in [6.07, 6.45) is 1.87. The highest BCUT2D eigenvalue weighted by atomic mass is 16.2. The lowest BCUT2D eigenvalue weighted by atomic mass is 10.1. The zero-order chi connectivity index (χ0) is 15.1. The van der Waals surface area contributed by atoms with Gasteiger partial charge in [0.15, 0.2) is 0 Å². The molecule has 1 aromatic rings. The molecule has 21 heavy (non-hydrogen) atoms. The summed E-state index contributed by atoms with van der Waals surface area (Å²) in [6, 6.07) is 10.4. The maximum Gasteiger partial charge on any atom is 0.234 e. The Labute approximate surface area is 125 Å². The number of benzene rings is 1. The van der Waals surface area contributed by atoms with Crippen molar-refractivity contribution in [2.24, 2.45) is 0 Å². The third kappa shape index (κ3) is 5.55. The van der Waals surface area contributed by atoms with Crippen LogP contribution in [0.5, 0.6) is 0 Å². The number of hydrogen-bond donors (Lipinski definition) is 2. The van der Waals surface area contributed by atoms with Crippen molar-refractivity contribution in [3.8, 4) is 0 Å². The molecule has 1 aliphatic rings. The first kappa shape index (κ1) is 15.5. The molecule has 2 rings (SSSR count). The second-order valence-corrected chi connectivity index (χ2v) is 5.55. The highest BCUT2D eigenvalue weighted by Crippen LogP contribution is 2.04. The van der Waals surface area contributed by atoms with Gasteiger partial charge < -0.3 is 10.6 Å². The van der Waals surface area contributed by atoms with Gasteiger partial charge in [0, 0.05) is 19.1 Å². The van der Waals surface area contributed by atoms with Gasteiger partial charge in [-0.15, -0.1) is 0 Å². The fraction of sp³-hybridized carbons (Fsp3) is 0.500. The summed E-state index contributed by atoms with van der Waals surface area (Å²) in [5.74, 6) is -0.0172. The van der Waals surface area contributed by atoms with Crippen molar-refractivity contribution < 1.29 is 9.59 Å². The summed E-state index contributed by atoms with van der Waals surface area (Å²) in [7, 11) is 0. The Morgan fingerprint density at radius 1 is 1.38 bits per heavy atom. The Morgan fingerprint density at radius 3 is 2.86 bits per heavy atom. The molecular formula is C16H23N3O2. The topological polar surface area (TPSA) is 61.4 Å². The summed E-state index contributed by atoms with van der Waals surface area (Å²) in [4.78, 5) is 25.1. The minimum absolute atomic E-state index is 0.00817. The van der Waals surface area contributed by atoms with Crippen LogP contribution in [-0.2, 0) is 16.0 Å². The lowest BCUT2D eigenvalue weighted by molar-refractivity contribution is -0.127. The number of amides is 2. The monoisotopic (exact) mass is 289 g/mol. The van der Waals surface area contributed by atoms with Gasteiger partial charge >= 0.3 is 0 Å². The summed E-state index contributed by atoms with van der Waals surface area (Å²) in [6.45, 7) is 3.98. The lowest BCUT2D eigenvalue weighted by Gasteiger charge is -2.26. The molecular weight excluding hydrogens is 266 g/mol. The van der Waals surface area contributed by atoms with Gasteiger partial charge in [-0.2, -0.15) is 0 Å². The van der Waals surface area contributed by atoms with Crippen molar-refractivity contribution in [3.05, 3.63) is 35.9 Å². The molecule has 2 N–H and O–H groups in total. The number of nitrogens with one attached hydrogen (secondary N) is 2. The summed E-state index contributed by atoms with van der Waals surface area (Å²) < 4.78 is 0. The molecule has 5 heteroatoms. The molecule has 5 nitrogen and oxygen atoms in total. The number of hydrogen-bond acceptors (Lipinski definition) is 3.